The van der Waals surface area contributed by atoms with Crippen LogP contribution in [0.25, 0.3) is 0 Å². The first-order valence-electron chi connectivity index (χ1n) is 9.26. The molecule has 1 aliphatic carbocycles. The first kappa shape index (κ1) is 19.9. The first-order valence-corrected chi connectivity index (χ1v) is 10.8. The molecule has 1 aromatic carbocycles. The molecule has 0 spiro atoms. The first-order chi connectivity index (χ1) is 12.8. The van der Waals surface area contributed by atoms with Crippen molar-refractivity contribution < 1.29 is 22.3 Å². The van der Waals surface area contributed by atoms with Crippen LogP contribution in [0.2, 0.25) is 0 Å². The Morgan fingerprint density at radius 2 is 2.00 bits per heavy atom. The number of primary sulfonamides is 1. The third-order valence-electron chi connectivity index (χ3n) is 5.46. The van der Waals surface area contributed by atoms with Crippen molar-refractivity contribution in [3.05, 3.63) is 24.0 Å². The highest BCUT2D eigenvalue weighted by molar-refractivity contribution is 7.89. The molecule has 7 nitrogen and oxygen atoms in total. The van der Waals surface area contributed by atoms with Crippen molar-refractivity contribution in [2.45, 2.75) is 55.5 Å². The van der Waals surface area contributed by atoms with Crippen LogP contribution in [0.4, 0.5) is 9.18 Å². The number of ether oxygens (including phenoxy) is 1. The lowest BCUT2D eigenvalue weighted by Gasteiger charge is -2.32. The van der Waals surface area contributed by atoms with Crippen LogP contribution in [0.3, 0.4) is 0 Å². The van der Waals surface area contributed by atoms with Gasteiger partial charge in [0.1, 0.15) is 6.61 Å². The molecule has 1 heterocycles. The monoisotopic (exact) mass is 399 g/mol. The molecule has 27 heavy (non-hydrogen) atoms. The van der Waals surface area contributed by atoms with Crippen molar-refractivity contribution in [3.63, 3.8) is 0 Å². The van der Waals surface area contributed by atoms with Gasteiger partial charge in [0.2, 0.25) is 10.0 Å². The van der Waals surface area contributed by atoms with Crippen LogP contribution in [0, 0.1) is 5.82 Å². The standard InChI is InChI=1S/C18H26FN3O4S/c1-21(13-5-2-3-6-13)18(23)22-10-4-7-14(22)12-26-17-9-8-15(11-16(17)19)27(20,24)25/h8-9,11,13-14H,2-7,10,12H2,1H3,(H2,20,24,25). The van der Waals surface area contributed by atoms with Crippen LogP contribution in [-0.4, -0.2) is 56.5 Å². The third kappa shape index (κ3) is 4.52. The fourth-order valence-corrected chi connectivity index (χ4v) is 4.40. The van der Waals surface area contributed by atoms with Gasteiger partial charge in [-0.15, -0.1) is 0 Å². The lowest BCUT2D eigenvalue weighted by molar-refractivity contribution is 0.125. The van der Waals surface area contributed by atoms with Gasteiger partial charge in [0, 0.05) is 19.6 Å². The summed E-state index contributed by atoms with van der Waals surface area (Å²) >= 11 is 0. The molecule has 9 heteroatoms. The molecule has 0 radical (unpaired) electrons. The second-order valence-electron chi connectivity index (χ2n) is 7.27. The Hall–Kier alpha value is -1.87. The highest BCUT2D eigenvalue weighted by atomic mass is 32.2. The second-order valence-corrected chi connectivity index (χ2v) is 8.83. The number of hydrogen-bond donors (Lipinski definition) is 1. The molecule has 2 aliphatic rings. The Morgan fingerprint density at radius 3 is 2.63 bits per heavy atom. The van der Waals surface area contributed by atoms with E-state index in [0.29, 0.717) is 12.6 Å². The Labute approximate surface area is 159 Å². The molecule has 1 aromatic rings. The van der Waals surface area contributed by atoms with Gasteiger partial charge in [-0.3, -0.25) is 0 Å². The van der Waals surface area contributed by atoms with Gasteiger partial charge in [-0.25, -0.2) is 22.7 Å². The fourth-order valence-electron chi connectivity index (χ4n) is 3.87. The number of nitrogens with zero attached hydrogens (tertiary/aromatic N) is 2. The molecule has 3 rings (SSSR count). The number of amides is 2. The molecule has 0 aromatic heterocycles. The van der Waals surface area contributed by atoms with Crippen LogP contribution < -0.4 is 9.88 Å². The number of benzene rings is 1. The van der Waals surface area contributed by atoms with Crippen molar-refractivity contribution in [2.75, 3.05) is 20.2 Å². The van der Waals surface area contributed by atoms with E-state index in [9.17, 15) is 17.6 Å². The minimum atomic E-state index is -3.96. The van der Waals surface area contributed by atoms with Gasteiger partial charge in [-0.2, -0.15) is 0 Å². The molecule has 2 fully saturated rings. The topological polar surface area (TPSA) is 92.9 Å². The number of sulfonamides is 1. The number of likely N-dealkylation sites (tertiary alicyclic amines) is 1. The Bertz CT molecular complexity index is 796. The highest BCUT2D eigenvalue weighted by Gasteiger charge is 2.34. The van der Waals surface area contributed by atoms with Gasteiger partial charge >= 0.3 is 6.03 Å². The Kier molecular flexibility index (Phi) is 5.90. The summed E-state index contributed by atoms with van der Waals surface area (Å²) in [6.07, 6.45) is 6.06. The van der Waals surface area contributed by atoms with Gasteiger partial charge in [-0.1, -0.05) is 12.8 Å². The minimum Gasteiger partial charge on any atom is -0.488 e. The van der Waals surface area contributed by atoms with Crippen LogP contribution in [0.15, 0.2) is 23.1 Å². The van der Waals surface area contributed by atoms with Gasteiger partial charge in [0.15, 0.2) is 11.6 Å². The largest absolute Gasteiger partial charge is 0.488 e. The zero-order valence-corrected chi connectivity index (χ0v) is 16.3. The van der Waals surface area contributed by atoms with Gasteiger partial charge in [0.05, 0.1) is 10.9 Å². The van der Waals surface area contributed by atoms with E-state index >= 15 is 0 Å². The predicted molar refractivity (Wildman–Crippen MR) is 98.4 cm³/mol. The molecule has 2 N–H and O–H groups in total. The third-order valence-corrected chi connectivity index (χ3v) is 6.37. The summed E-state index contributed by atoms with van der Waals surface area (Å²) in [5.74, 6) is -0.841. The summed E-state index contributed by atoms with van der Waals surface area (Å²) in [4.78, 5) is 16.1. The fraction of sp³-hybridized carbons (Fsp3) is 0.611. The Balaban J connectivity index is 1.62. The maximum absolute atomic E-state index is 14.1. The second kappa shape index (κ2) is 8.02. The molecular formula is C18H26FN3O4S. The number of nitrogens with two attached hydrogens (primary N) is 1. The molecule has 1 saturated carbocycles. The molecule has 150 valence electrons. The van der Waals surface area contributed by atoms with E-state index in [-0.39, 0.29) is 29.3 Å². The smallest absolute Gasteiger partial charge is 0.320 e. The van der Waals surface area contributed by atoms with E-state index < -0.39 is 15.8 Å². The van der Waals surface area contributed by atoms with Gasteiger partial charge in [-0.05, 0) is 43.9 Å². The summed E-state index contributed by atoms with van der Waals surface area (Å²) in [6, 6.07) is 3.47. The molecular weight excluding hydrogens is 373 g/mol. The average Bonchev–Trinajstić information content (AvgIpc) is 3.30. The van der Waals surface area contributed by atoms with Crippen LogP contribution in [-0.2, 0) is 10.0 Å². The van der Waals surface area contributed by atoms with Crippen molar-refractivity contribution in [1.82, 2.24) is 9.80 Å². The number of carbonyl (C=O) groups excluding carboxylic acids is 1. The van der Waals surface area contributed by atoms with Crippen molar-refractivity contribution >= 4 is 16.1 Å². The summed E-state index contributed by atoms with van der Waals surface area (Å²) in [7, 11) is -2.12. The molecule has 1 unspecified atom stereocenters. The summed E-state index contributed by atoms with van der Waals surface area (Å²) in [6.45, 7) is 0.826. The maximum atomic E-state index is 14.1. The Morgan fingerprint density at radius 1 is 1.30 bits per heavy atom. The van der Waals surface area contributed by atoms with E-state index in [1.54, 1.807) is 4.90 Å². The van der Waals surface area contributed by atoms with Crippen molar-refractivity contribution in [3.8, 4) is 5.75 Å². The SMILES string of the molecule is CN(C(=O)N1CCCC1COc1ccc(S(N)(=O)=O)cc1F)C1CCCC1. The van der Waals surface area contributed by atoms with E-state index in [1.165, 1.54) is 12.1 Å². The average molecular weight is 399 g/mol. The predicted octanol–water partition coefficient (Wildman–Crippen LogP) is 2.31. The van der Waals surface area contributed by atoms with Gasteiger partial charge < -0.3 is 14.5 Å². The highest BCUT2D eigenvalue weighted by Crippen LogP contribution is 2.27. The number of rotatable bonds is 5. The molecule has 2 amide bonds. The lowest BCUT2D eigenvalue weighted by Crippen LogP contribution is -2.48. The zero-order valence-electron chi connectivity index (χ0n) is 15.4. The molecule has 1 atom stereocenters. The van der Waals surface area contributed by atoms with E-state index in [4.69, 9.17) is 9.88 Å². The lowest BCUT2D eigenvalue weighted by atomic mass is 10.2. The summed E-state index contributed by atoms with van der Waals surface area (Å²) < 4.78 is 42.2. The molecule has 0 bridgehead atoms. The van der Waals surface area contributed by atoms with Crippen molar-refractivity contribution in [1.29, 1.82) is 0 Å². The number of carbonyl (C=O) groups is 1. The zero-order chi connectivity index (χ0) is 19.6. The normalized spacial score (nSPS) is 20.9. The van der Waals surface area contributed by atoms with E-state index in [1.807, 2.05) is 11.9 Å². The van der Waals surface area contributed by atoms with E-state index in [0.717, 1.165) is 44.6 Å². The van der Waals surface area contributed by atoms with Gasteiger partial charge in [0.25, 0.3) is 0 Å². The molecule has 1 aliphatic heterocycles. The number of urea groups is 1. The van der Waals surface area contributed by atoms with Crippen molar-refractivity contribution in [2.24, 2.45) is 5.14 Å². The number of hydrogen-bond acceptors (Lipinski definition) is 4. The molecule has 1 saturated heterocycles. The van der Waals surface area contributed by atoms with Crippen LogP contribution in [0.5, 0.6) is 5.75 Å². The summed E-state index contributed by atoms with van der Waals surface area (Å²) in [5.41, 5.74) is 0. The quantitative estimate of drug-likeness (QED) is 0.822. The minimum absolute atomic E-state index is 0.00181. The van der Waals surface area contributed by atoms with E-state index in [2.05, 4.69) is 0 Å². The summed E-state index contributed by atoms with van der Waals surface area (Å²) in [5, 5.41) is 5.00. The van der Waals surface area contributed by atoms with Crippen LogP contribution in [0.1, 0.15) is 38.5 Å². The number of halogens is 1. The van der Waals surface area contributed by atoms with Crippen LogP contribution >= 0.6 is 0 Å². The maximum Gasteiger partial charge on any atom is 0.320 e.